The van der Waals surface area contributed by atoms with Crippen molar-refractivity contribution in [1.29, 1.82) is 0 Å². The smallest absolute Gasteiger partial charge is 0.225 e. The summed E-state index contributed by atoms with van der Waals surface area (Å²) in [4.78, 5) is 30.5. The van der Waals surface area contributed by atoms with E-state index in [1.165, 1.54) is 0 Å². The van der Waals surface area contributed by atoms with Gasteiger partial charge in [-0.05, 0) is 71.0 Å². The standard InChI is InChI=1S/C33H32N2O3/c1-3-24(25-14-16-26(38-2)17-15-25)20-32(36)31-19-23-10-6-8-22(18-23)9-7-13-30-28(21-33(37)35-31)27-11-4-5-12-29(27)34-30/h4-8,10-18,20,31,34H,3,9,19,21H2,1-2H3,(H,35,37)/b13-7+,24-20-/t31-/m0/s1. The number of ketones is 1. The molecule has 0 radical (unpaired) electrons. The van der Waals surface area contributed by atoms with Crippen LogP contribution >= 0.6 is 0 Å². The predicted octanol–water partition coefficient (Wildman–Crippen LogP) is 6.08. The highest BCUT2D eigenvalue weighted by atomic mass is 16.5. The average molecular weight is 505 g/mol. The van der Waals surface area contributed by atoms with Gasteiger partial charge in [0, 0.05) is 23.0 Å². The van der Waals surface area contributed by atoms with Gasteiger partial charge in [-0.3, -0.25) is 9.59 Å². The normalized spacial score (nSPS) is 16.9. The second-order valence-corrected chi connectivity index (χ2v) is 9.64. The fourth-order valence-electron chi connectivity index (χ4n) is 5.08. The molecule has 0 unspecified atom stereocenters. The van der Waals surface area contributed by atoms with Crippen molar-refractivity contribution in [3.05, 3.63) is 113 Å². The number of nitrogens with one attached hydrogen (secondary N) is 2. The Morgan fingerprint density at radius 3 is 2.61 bits per heavy atom. The molecule has 38 heavy (non-hydrogen) atoms. The van der Waals surface area contributed by atoms with Crippen LogP contribution in [-0.2, 0) is 28.9 Å². The number of benzene rings is 3. The van der Waals surface area contributed by atoms with Crippen LogP contribution in [0.5, 0.6) is 5.75 Å². The minimum Gasteiger partial charge on any atom is -0.497 e. The lowest BCUT2D eigenvalue weighted by atomic mass is 9.96. The van der Waals surface area contributed by atoms with Gasteiger partial charge in [-0.15, -0.1) is 0 Å². The van der Waals surface area contributed by atoms with E-state index in [1.807, 2.05) is 67.6 Å². The second-order valence-electron chi connectivity index (χ2n) is 9.64. The Bertz CT molecular complexity index is 1530. The zero-order valence-electron chi connectivity index (χ0n) is 21.8. The van der Waals surface area contributed by atoms with E-state index in [9.17, 15) is 9.59 Å². The quantitative estimate of drug-likeness (QED) is 0.324. The first-order valence-corrected chi connectivity index (χ1v) is 13.1. The number of carbonyl (C=O) groups is 2. The summed E-state index contributed by atoms with van der Waals surface area (Å²) in [6.45, 7) is 2.03. The van der Waals surface area contributed by atoms with Gasteiger partial charge in [0.1, 0.15) is 5.75 Å². The summed E-state index contributed by atoms with van der Waals surface area (Å²) in [7, 11) is 1.63. The SMILES string of the molecule is CC/C(=C/C(=O)[C@@H]1Cc2cccc(c2)C/C=C/c2[nH]c3ccccc3c2CC(=O)N1)c1ccc(OC)cc1. The molecule has 5 nitrogen and oxygen atoms in total. The Morgan fingerprint density at radius 1 is 1.03 bits per heavy atom. The number of fused-ring (bicyclic) bond motifs is 5. The molecule has 0 aliphatic carbocycles. The largest absolute Gasteiger partial charge is 0.497 e. The lowest BCUT2D eigenvalue weighted by Gasteiger charge is -2.18. The Morgan fingerprint density at radius 2 is 1.82 bits per heavy atom. The van der Waals surface area contributed by atoms with Gasteiger partial charge in [0.15, 0.2) is 5.78 Å². The third-order valence-corrected chi connectivity index (χ3v) is 7.09. The van der Waals surface area contributed by atoms with E-state index in [0.29, 0.717) is 12.8 Å². The van der Waals surface area contributed by atoms with Crippen molar-refractivity contribution < 1.29 is 14.3 Å². The van der Waals surface area contributed by atoms with Gasteiger partial charge >= 0.3 is 0 Å². The van der Waals surface area contributed by atoms with E-state index >= 15 is 0 Å². The lowest BCUT2D eigenvalue weighted by Crippen LogP contribution is -2.42. The number of H-pyrrole nitrogens is 1. The summed E-state index contributed by atoms with van der Waals surface area (Å²) in [5, 5.41) is 4.09. The molecule has 3 aromatic carbocycles. The summed E-state index contributed by atoms with van der Waals surface area (Å²) in [5.41, 5.74) is 6.93. The van der Waals surface area contributed by atoms with Gasteiger partial charge in [0.05, 0.1) is 19.6 Å². The molecule has 1 amide bonds. The Kier molecular flexibility index (Phi) is 7.55. The topological polar surface area (TPSA) is 71.2 Å². The Labute approximate surface area is 223 Å². The highest BCUT2D eigenvalue weighted by molar-refractivity contribution is 6.02. The van der Waals surface area contributed by atoms with E-state index in [0.717, 1.165) is 56.6 Å². The van der Waals surface area contributed by atoms with E-state index < -0.39 is 6.04 Å². The lowest BCUT2D eigenvalue weighted by molar-refractivity contribution is -0.125. The fraction of sp³-hybridized carbons (Fsp3) is 0.212. The van der Waals surface area contributed by atoms with Crippen molar-refractivity contribution in [1.82, 2.24) is 10.3 Å². The van der Waals surface area contributed by atoms with E-state index in [-0.39, 0.29) is 18.1 Å². The minimum absolute atomic E-state index is 0.108. The van der Waals surface area contributed by atoms with Crippen LogP contribution in [0.1, 0.15) is 41.3 Å². The molecule has 0 fully saturated rings. The highest BCUT2D eigenvalue weighted by Gasteiger charge is 2.22. The first kappa shape index (κ1) is 25.3. The molecule has 4 aromatic rings. The third kappa shape index (κ3) is 5.62. The molecule has 0 saturated heterocycles. The van der Waals surface area contributed by atoms with Crippen LogP contribution in [0.4, 0.5) is 0 Å². The molecule has 1 aliphatic rings. The van der Waals surface area contributed by atoms with Gasteiger partial charge in [-0.1, -0.05) is 67.6 Å². The number of para-hydroxylation sites is 1. The van der Waals surface area contributed by atoms with E-state index in [4.69, 9.17) is 4.74 Å². The zero-order chi connectivity index (χ0) is 26.5. The second kappa shape index (κ2) is 11.3. The van der Waals surface area contributed by atoms with Crippen molar-refractivity contribution in [2.75, 3.05) is 7.11 Å². The van der Waals surface area contributed by atoms with Crippen LogP contribution in [0.25, 0.3) is 22.6 Å². The Balaban J connectivity index is 1.50. The molecule has 1 aliphatic heterocycles. The molecule has 0 spiro atoms. The number of aromatic amines is 1. The summed E-state index contributed by atoms with van der Waals surface area (Å²) in [6, 6.07) is 23.3. The maximum Gasteiger partial charge on any atom is 0.225 e. The molecule has 1 atom stereocenters. The molecule has 192 valence electrons. The van der Waals surface area contributed by atoms with Crippen LogP contribution < -0.4 is 10.1 Å². The maximum absolute atomic E-state index is 13.7. The molecular weight excluding hydrogens is 472 g/mol. The monoisotopic (exact) mass is 504 g/mol. The summed E-state index contributed by atoms with van der Waals surface area (Å²) >= 11 is 0. The zero-order valence-corrected chi connectivity index (χ0v) is 21.8. The first-order chi connectivity index (χ1) is 18.5. The van der Waals surface area contributed by atoms with Crippen molar-refractivity contribution in [3.8, 4) is 5.75 Å². The number of allylic oxidation sites excluding steroid dienone is 2. The number of ether oxygens (including phenoxy) is 1. The molecule has 2 N–H and O–H groups in total. The van der Waals surface area contributed by atoms with Crippen molar-refractivity contribution in [2.24, 2.45) is 0 Å². The molecule has 2 bridgehead atoms. The number of aromatic nitrogens is 1. The maximum atomic E-state index is 13.7. The molecule has 1 aromatic heterocycles. The number of hydrogen-bond donors (Lipinski definition) is 2. The summed E-state index contributed by atoms with van der Waals surface area (Å²) in [5.74, 6) is 0.488. The van der Waals surface area contributed by atoms with Crippen molar-refractivity contribution in [2.45, 2.75) is 38.6 Å². The molecular formula is C33H32N2O3. The number of hydrogen-bond acceptors (Lipinski definition) is 3. The van der Waals surface area contributed by atoms with Gasteiger partial charge in [0.25, 0.3) is 0 Å². The summed E-state index contributed by atoms with van der Waals surface area (Å²) in [6.07, 6.45) is 7.94. The summed E-state index contributed by atoms with van der Waals surface area (Å²) < 4.78 is 5.27. The molecule has 5 rings (SSSR count). The molecule has 2 heterocycles. The predicted molar refractivity (Wildman–Crippen MR) is 153 cm³/mol. The number of carbonyl (C=O) groups excluding carboxylic acids is 2. The van der Waals surface area contributed by atoms with Crippen LogP contribution in [0.15, 0.2) is 84.9 Å². The van der Waals surface area contributed by atoms with Crippen molar-refractivity contribution in [3.63, 3.8) is 0 Å². The first-order valence-electron chi connectivity index (χ1n) is 13.1. The van der Waals surface area contributed by atoms with Crippen LogP contribution in [-0.4, -0.2) is 29.8 Å². The van der Waals surface area contributed by atoms with Gasteiger partial charge in [0.2, 0.25) is 5.91 Å². The number of rotatable bonds is 5. The van der Waals surface area contributed by atoms with Gasteiger partial charge < -0.3 is 15.0 Å². The molecule has 0 saturated carbocycles. The van der Waals surface area contributed by atoms with E-state index in [1.54, 1.807) is 13.2 Å². The highest BCUT2D eigenvalue weighted by Crippen LogP contribution is 2.25. The van der Waals surface area contributed by atoms with Crippen LogP contribution in [0.2, 0.25) is 0 Å². The van der Waals surface area contributed by atoms with Gasteiger partial charge in [-0.25, -0.2) is 0 Å². The van der Waals surface area contributed by atoms with E-state index in [2.05, 4.69) is 34.6 Å². The van der Waals surface area contributed by atoms with Crippen molar-refractivity contribution >= 4 is 34.2 Å². The van der Waals surface area contributed by atoms with Crippen LogP contribution in [0.3, 0.4) is 0 Å². The minimum atomic E-state index is -0.667. The average Bonchev–Trinajstić information content (AvgIpc) is 3.28. The number of amides is 1. The third-order valence-electron chi connectivity index (χ3n) is 7.09. The Hall–Kier alpha value is -4.38. The van der Waals surface area contributed by atoms with Gasteiger partial charge in [-0.2, -0.15) is 0 Å². The number of methoxy groups -OCH3 is 1. The fourth-order valence-corrected chi connectivity index (χ4v) is 5.08. The van der Waals surface area contributed by atoms with Crippen LogP contribution in [0, 0.1) is 0 Å². The molecule has 5 heteroatoms.